The minimum Gasteiger partial charge on any atom is -0.370 e. The fraction of sp³-hybridized carbons (Fsp3) is 0.536. The molecule has 2 saturated heterocycles. The van der Waals surface area contributed by atoms with Crippen LogP contribution in [0.3, 0.4) is 0 Å². The lowest BCUT2D eigenvalue weighted by atomic mass is 9.88. The van der Waals surface area contributed by atoms with E-state index in [2.05, 4.69) is 47.5 Å². The zero-order valence-electron chi connectivity index (χ0n) is 57.6. The number of fused-ring (bicyclic) bond motifs is 3. The van der Waals surface area contributed by atoms with E-state index in [4.69, 9.17) is 40.1 Å². The van der Waals surface area contributed by atoms with Crippen molar-refractivity contribution in [2.45, 2.75) is 183 Å². The summed E-state index contributed by atoms with van der Waals surface area (Å²) in [6.07, 6.45) is 3.17. The van der Waals surface area contributed by atoms with Crippen LogP contribution in [0.2, 0.25) is 0 Å². The number of amides is 13. The maximum atomic E-state index is 15.5. The molecule has 6 rings (SSSR count). The lowest BCUT2D eigenvalue weighted by Crippen LogP contribution is -2.61. The number of carbonyl (C=O) groups excluding carboxylic acids is 13. The number of benzene rings is 3. The van der Waals surface area contributed by atoms with Gasteiger partial charge >= 0.3 is 0 Å². The molecule has 0 spiro atoms. The number of likely N-dealkylation sites (tertiary alicyclic amines) is 2. The van der Waals surface area contributed by atoms with Gasteiger partial charge in [0.15, 0.2) is 5.96 Å². The van der Waals surface area contributed by atoms with E-state index in [1.54, 1.807) is 66.7 Å². The lowest BCUT2D eigenvalue weighted by Gasteiger charge is -2.32. The fourth-order valence-corrected chi connectivity index (χ4v) is 13.3. The van der Waals surface area contributed by atoms with Crippen molar-refractivity contribution in [1.82, 2.24) is 52.3 Å². The van der Waals surface area contributed by atoms with Crippen molar-refractivity contribution in [3.63, 3.8) is 0 Å². The van der Waals surface area contributed by atoms with E-state index >= 15 is 9.59 Å². The van der Waals surface area contributed by atoms with Crippen LogP contribution in [0.25, 0.3) is 11.1 Å². The number of hydrogen-bond acceptors (Lipinski definition) is 17. The van der Waals surface area contributed by atoms with Gasteiger partial charge in [-0.15, -0.1) is 0 Å². The Morgan fingerprint density at radius 2 is 1.07 bits per heavy atom. The molecule has 550 valence electrons. The number of unbranched alkanes of at least 4 members (excludes halogenated alkanes) is 1. The van der Waals surface area contributed by atoms with Crippen LogP contribution in [-0.4, -0.2) is 198 Å². The average molecular weight is 1420 g/mol. The third-order valence-electron chi connectivity index (χ3n) is 17.9. The van der Waals surface area contributed by atoms with Gasteiger partial charge in [0, 0.05) is 44.8 Å². The predicted octanol–water partition coefficient (Wildman–Crippen LogP) is -2.14. The Morgan fingerprint density at radius 3 is 1.62 bits per heavy atom. The molecule has 32 heteroatoms. The molecule has 0 radical (unpaired) electrons. The number of primary amides is 3. The molecule has 2 heterocycles. The topological polar surface area (TPSA) is 519 Å². The van der Waals surface area contributed by atoms with E-state index in [1.165, 1.54) is 21.6 Å². The highest BCUT2D eigenvalue weighted by Crippen LogP contribution is 2.46. The smallest absolute Gasteiger partial charge is 0.245 e. The van der Waals surface area contributed by atoms with Crippen LogP contribution in [0, 0.1) is 5.92 Å². The minimum absolute atomic E-state index is 0.0666. The zero-order chi connectivity index (χ0) is 73.9. The molecule has 2 aliphatic heterocycles. The van der Waals surface area contributed by atoms with Crippen molar-refractivity contribution >= 4 is 94.5 Å². The fourth-order valence-electron chi connectivity index (χ4n) is 12.8. The third-order valence-corrected chi connectivity index (χ3v) is 18.6. The van der Waals surface area contributed by atoms with Crippen molar-refractivity contribution in [3.05, 3.63) is 95.6 Å². The Balaban J connectivity index is 1.25. The highest BCUT2D eigenvalue weighted by molar-refractivity contribution is 7.98. The monoisotopic (exact) mass is 1420 g/mol. The maximum Gasteiger partial charge on any atom is 0.245 e. The minimum atomic E-state index is -1.69. The van der Waals surface area contributed by atoms with Crippen LogP contribution in [0.1, 0.15) is 133 Å². The second kappa shape index (κ2) is 39.9. The standard InChI is InChI=1S/C69H100N18O13S/c1-39(2)36-50(63(95)80-46(59(74)91)30-35-101-3)79-56(90)38-78-60(92)51(37-40-16-5-4-6-17-40)84-66(98)58(57-43-20-9-7-18-41(43)42-19-8-10-21-44(42)57)85-62(94)48(27-29-55(73)89)81-61(93)47(26-28-54(72)88)82-64(96)53-25-15-34-87(53)68(100)49(23-11-12-31-70)83-65(97)52-24-14-33-86(52)67(99)45(71)22-13-32-77-69(75)76/h4-10,16-21,39,45-53,57-58H,11-15,22-38,70-71H2,1-3H3,(H2,72,88)(H2,73,89)(H2,74,91)(H,78,92)(H,79,90)(H,80,95)(H,81,93)(H,82,96)(H,83,97)(H,84,98)(H,85,94)(H4,75,76,77)/t45-,46-,47-,48-,49-,50-,51-,52-,53+,58-/m0/s1. The molecule has 22 N–H and O–H groups in total. The van der Waals surface area contributed by atoms with E-state index in [9.17, 15) is 52.7 Å². The largest absolute Gasteiger partial charge is 0.370 e. The van der Waals surface area contributed by atoms with Crippen LogP contribution < -0.4 is 82.7 Å². The molecule has 0 unspecified atom stereocenters. The molecule has 3 aromatic carbocycles. The average Bonchev–Trinajstić information content (AvgIpc) is 1.60. The van der Waals surface area contributed by atoms with Crippen LogP contribution in [0.4, 0.5) is 0 Å². The Kier molecular flexibility index (Phi) is 31.7. The molecule has 13 amide bonds. The van der Waals surface area contributed by atoms with Crippen molar-refractivity contribution in [2.75, 3.05) is 44.7 Å². The third kappa shape index (κ3) is 24.0. The van der Waals surface area contributed by atoms with Gasteiger partial charge in [-0.05, 0) is 136 Å². The number of carbonyl (C=O) groups is 13. The number of aliphatic imine (C=N–C) groups is 1. The number of nitrogens with two attached hydrogens (primary N) is 7. The Morgan fingerprint density at radius 1 is 0.545 bits per heavy atom. The molecule has 101 heavy (non-hydrogen) atoms. The second-order valence-corrected chi connectivity index (χ2v) is 27.0. The lowest BCUT2D eigenvalue weighted by molar-refractivity contribution is -0.144. The van der Waals surface area contributed by atoms with Gasteiger partial charge in [0.25, 0.3) is 0 Å². The highest BCUT2D eigenvalue weighted by Gasteiger charge is 2.44. The van der Waals surface area contributed by atoms with Crippen LogP contribution in [-0.2, 0) is 68.7 Å². The molecule has 0 saturated carbocycles. The van der Waals surface area contributed by atoms with Gasteiger partial charge in [0.2, 0.25) is 76.8 Å². The summed E-state index contributed by atoms with van der Waals surface area (Å²) in [4.78, 5) is 188. The number of thioether (sulfide) groups is 1. The van der Waals surface area contributed by atoms with E-state index in [-0.39, 0.29) is 76.6 Å². The quantitative estimate of drug-likeness (QED) is 0.0164. The van der Waals surface area contributed by atoms with Gasteiger partial charge in [-0.3, -0.25) is 67.3 Å². The number of nitrogens with one attached hydrogen (secondary N) is 8. The van der Waals surface area contributed by atoms with Gasteiger partial charge < -0.3 is 92.5 Å². The summed E-state index contributed by atoms with van der Waals surface area (Å²) in [5, 5.41) is 21.6. The van der Waals surface area contributed by atoms with Crippen molar-refractivity contribution < 1.29 is 62.3 Å². The molecule has 3 aromatic rings. The molecule has 31 nitrogen and oxygen atoms in total. The summed E-state index contributed by atoms with van der Waals surface area (Å²) in [6.45, 7) is 3.84. The number of nitrogens with zero attached hydrogens (tertiary/aromatic N) is 3. The SMILES string of the molecule is CSCC[C@H](NC(=O)[C@H](CC(C)C)NC(=O)CNC(=O)[C@H](Cc1ccccc1)NC(=O)[C@@H](NC(=O)[C@H](CCC(N)=O)NC(=O)[C@H](CCC(N)=O)NC(=O)[C@H]1CCCN1C(=O)[C@H](CCCCN)NC(=O)[C@@H]1CCCN1C(=O)[C@@H](N)CCCN=C(N)N)C1c2ccccc2-c2ccccc21)C(N)=O. The molecule has 10 atom stereocenters. The molecule has 2 fully saturated rings. The summed E-state index contributed by atoms with van der Waals surface area (Å²) in [7, 11) is 0. The van der Waals surface area contributed by atoms with E-state index in [1.807, 2.05) is 32.2 Å². The number of hydrogen-bond donors (Lipinski definition) is 15. The van der Waals surface area contributed by atoms with Gasteiger partial charge in [0.1, 0.15) is 54.4 Å². The van der Waals surface area contributed by atoms with Crippen molar-refractivity contribution in [2.24, 2.45) is 51.0 Å². The highest BCUT2D eigenvalue weighted by atomic mass is 32.2. The second-order valence-electron chi connectivity index (χ2n) is 26.0. The molecule has 0 aromatic heterocycles. The van der Waals surface area contributed by atoms with Gasteiger partial charge in [-0.25, -0.2) is 0 Å². The van der Waals surface area contributed by atoms with E-state index in [0.29, 0.717) is 61.0 Å². The molecule has 1 aliphatic carbocycles. The molecular weight excluding hydrogens is 1320 g/mol. The van der Waals surface area contributed by atoms with Gasteiger partial charge in [-0.2, -0.15) is 11.8 Å². The first-order chi connectivity index (χ1) is 48.2. The Hall–Kier alpha value is -9.69. The van der Waals surface area contributed by atoms with E-state index < -0.39 is 175 Å². The Bertz CT molecular complexity index is 3400. The van der Waals surface area contributed by atoms with Crippen LogP contribution in [0.5, 0.6) is 0 Å². The first kappa shape index (κ1) is 80.3. The molecular formula is C69H100N18O13S. The first-order valence-electron chi connectivity index (χ1n) is 34.3. The summed E-state index contributed by atoms with van der Waals surface area (Å²) in [6, 6.07) is 10.1. The normalized spacial score (nSPS) is 17.0. The molecule has 3 aliphatic rings. The summed E-state index contributed by atoms with van der Waals surface area (Å²) in [5.74, 6) is -10.8. The van der Waals surface area contributed by atoms with Crippen LogP contribution in [0.15, 0.2) is 83.9 Å². The summed E-state index contributed by atoms with van der Waals surface area (Å²) < 4.78 is 0. The summed E-state index contributed by atoms with van der Waals surface area (Å²) in [5.41, 5.74) is 43.0. The van der Waals surface area contributed by atoms with Gasteiger partial charge in [-0.1, -0.05) is 92.7 Å². The molecule has 0 bridgehead atoms. The van der Waals surface area contributed by atoms with Crippen molar-refractivity contribution in [3.8, 4) is 11.1 Å². The van der Waals surface area contributed by atoms with E-state index in [0.717, 1.165) is 11.1 Å². The van der Waals surface area contributed by atoms with Crippen LogP contribution >= 0.6 is 11.8 Å². The predicted molar refractivity (Wildman–Crippen MR) is 379 cm³/mol. The van der Waals surface area contributed by atoms with Crippen molar-refractivity contribution in [1.29, 1.82) is 0 Å². The zero-order valence-corrected chi connectivity index (χ0v) is 58.4. The maximum absolute atomic E-state index is 15.5. The van der Waals surface area contributed by atoms with Gasteiger partial charge in [0.05, 0.1) is 12.6 Å². The summed E-state index contributed by atoms with van der Waals surface area (Å²) >= 11 is 1.45. The Labute approximate surface area is 592 Å². The number of rotatable bonds is 41. The number of guanidine groups is 1. The first-order valence-corrected chi connectivity index (χ1v) is 35.7.